The monoisotopic (exact) mass is 222 g/mol. The zero-order valence-electron chi connectivity index (χ0n) is 9.99. The van der Waals surface area contributed by atoms with E-state index in [1.165, 1.54) is 0 Å². The van der Waals surface area contributed by atoms with Crippen LogP contribution >= 0.6 is 0 Å². The molecule has 0 fully saturated rings. The molecule has 0 aliphatic carbocycles. The summed E-state index contributed by atoms with van der Waals surface area (Å²) in [6, 6.07) is 5.61. The van der Waals surface area contributed by atoms with Gasteiger partial charge >= 0.3 is 5.97 Å². The summed E-state index contributed by atoms with van der Waals surface area (Å²) < 4.78 is 5.41. The van der Waals surface area contributed by atoms with Crippen LogP contribution in [0.5, 0.6) is 5.75 Å². The Labute approximate surface area is 96.1 Å². The molecule has 88 valence electrons. The van der Waals surface area contributed by atoms with Gasteiger partial charge in [0.25, 0.3) is 0 Å². The average Bonchev–Trinajstić information content (AvgIpc) is 2.19. The van der Waals surface area contributed by atoms with E-state index in [0.717, 1.165) is 16.9 Å². The summed E-state index contributed by atoms with van der Waals surface area (Å²) in [6.45, 7) is 6.66. The summed E-state index contributed by atoms with van der Waals surface area (Å²) in [5, 5.41) is 8.81. The van der Waals surface area contributed by atoms with Crippen molar-refractivity contribution in [3.63, 3.8) is 0 Å². The molecular weight excluding hydrogens is 204 g/mol. The molecule has 0 saturated carbocycles. The highest BCUT2D eigenvalue weighted by molar-refractivity contribution is 5.71. The molecular formula is C13H18O3. The minimum atomic E-state index is -0.800. The number of benzene rings is 1. The van der Waals surface area contributed by atoms with E-state index in [4.69, 9.17) is 9.84 Å². The van der Waals surface area contributed by atoms with Crippen LogP contribution in [0.25, 0.3) is 0 Å². The molecule has 0 atom stereocenters. The van der Waals surface area contributed by atoms with E-state index in [1.807, 2.05) is 25.1 Å². The van der Waals surface area contributed by atoms with Crippen molar-refractivity contribution in [1.82, 2.24) is 0 Å². The minimum absolute atomic E-state index is 0.0694. The van der Waals surface area contributed by atoms with Crippen LogP contribution < -0.4 is 4.74 Å². The Morgan fingerprint density at radius 1 is 1.44 bits per heavy atom. The number of aliphatic carboxylic acids is 1. The van der Waals surface area contributed by atoms with E-state index >= 15 is 0 Å². The van der Waals surface area contributed by atoms with Gasteiger partial charge in [-0.25, -0.2) is 0 Å². The van der Waals surface area contributed by atoms with E-state index < -0.39 is 5.97 Å². The topological polar surface area (TPSA) is 46.5 Å². The fraction of sp³-hybridized carbons (Fsp3) is 0.462. The number of carboxylic acid groups (broad SMARTS) is 1. The van der Waals surface area contributed by atoms with E-state index in [9.17, 15) is 4.79 Å². The Bertz CT molecular complexity index is 369. The van der Waals surface area contributed by atoms with Crippen molar-refractivity contribution >= 4 is 5.97 Å². The van der Waals surface area contributed by atoms with Crippen LogP contribution in [-0.4, -0.2) is 17.7 Å². The maximum Gasteiger partial charge on any atom is 0.307 e. The van der Waals surface area contributed by atoms with E-state index in [2.05, 4.69) is 13.8 Å². The Balaban J connectivity index is 3.04. The highest BCUT2D eigenvalue weighted by Crippen LogP contribution is 2.25. The molecule has 0 bridgehead atoms. The first-order valence-corrected chi connectivity index (χ1v) is 5.52. The molecule has 0 spiro atoms. The molecule has 3 heteroatoms. The zero-order valence-corrected chi connectivity index (χ0v) is 9.99. The first kappa shape index (κ1) is 12.6. The van der Waals surface area contributed by atoms with Crippen molar-refractivity contribution in [2.75, 3.05) is 6.61 Å². The van der Waals surface area contributed by atoms with Crippen LogP contribution in [0.15, 0.2) is 18.2 Å². The summed E-state index contributed by atoms with van der Waals surface area (Å²) in [5.74, 6) is 0.307. The number of hydrogen-bond donors (Lipinski definition) is 1. The van der Waals surface area contributed by atoms with Gasteiger partial charge in [-0.1, -0.05) is 19.9 Å². The van der Waals surface area contributed by atoms with Gasteiger partial charge in [0.2, 0.25) is 0 Å². The summed E-state index contributed by atoms with van der Waals surface area (Å²) in [5.41, 5.74) is 1.92. The third-order valence-electron chi connectivity index (χ3n) is 2.39. The number of rotatable bonds is 5. The van der Waals surface area contributed by atoms with Gasteiger partial charge in [-0.15, -0.1) is 0 Å². The molecule has 1 aromatic carbocycles. The van der Waals surface area contributed by atoms with Crippen molar-refractivity contribution in [2.24, 2.45) is 0 Å². The van der Waals surface area contributed by atoms with Crippen molar-refractivity contribution < 1.29 is 14.6 Å². The number of hydrogen-bond acceptors (Lipinski definition) is 2. The molecule has 1 aromatic rings. The Morgan fingerprint density at radius 3 is 2.62 bits per heavy atom. The number of carboxylic acids is 1. The van der Waals surface area contributed by atoms with Crippen LogP contribution in [-0.2, 0) is 11.2 Å². The van der Waals surface area contributed by atoms with Gasteiger partial charge < -0.3 is 9.84 Å². The maximum absolute atomic E-state index is 10.7. The minimum Gasteiger partial charge on any atom is -0.494 e. The predicted molar refractivity (Wildman–Crippen MR) is 63.0 cm³/mol. The predicted octanol–water partition coefficient (Wildman–Crippen LogP) is 2.84. The smallest absolute Gasteiger partial charge is 0.307 e. The fourth-order valence-electron chi connectivity index (χ4n) is 1.69. The molecule has 0 aliphatic rings. The summed E-state index contributed by atoms with van der Waals surface area (Å²) in [4.78, 5) is 10.7. The Morgan fingerprint density at radius 2 is 2.12 bits per heavy atom. The van der Waals surface area contributed by atoms with Gasteiger partial charge in [0.1, 0.15) is 5.75 Å². The van der Waals surface area contributed by atoms with Gasteiger partial charge in [0.15, 0.2) is 0 Å². The Kier molecular flexibility index (Phi) is 4.35. The lowest BCUT2D eigenvalue weighted by atomic mass is 9.95. The second-order valence-corrected chi connectivity index (χ2v) is 4.02. The highest BCUT2D eigenvalue weighted by Gasteiger charge is 2.11. The molecule has 0 aromatic heterocycles. The van der Waals surface area contributed by atoms with Gasteiger partial charge in [-0.2, -0.15) is 0 Å². The quantitative estimate of drug-likeness (QED) is 0.833. The van der Waals surface area contributed by atoms with E-state index in [1.54, 1.807) is 0 Å². The summed E-state index contributed by atoms with van der Waals surface area (Å²) in [6.07, 6.45) is 0.0694. The zero-order chi connectivity index (χ0) is 12.1. The molecule has 1 rings (SSSR count). The van der Waals surface area contributed by atoms with Crippen molar-refractivity contribution in [2.45, 2.75) is 33.1 Å². The van der Waals surface area contributed by atoms with Crippen LogP contribution in [0.1, 0.15) is 37.8 Å². The molecule has 0 saturated heterocycles. The van der Waals surface area contributed by atoms with Crippen LogP contribution in [0.3, 0.4) is 0 Å². The second kappa shape index (κ2) is 5.54. The third-order valence-corrected chi connectivity index (χ3v) is 2.39. The highest BCUT2D eigenvalue weighted by atomic mass is 16.5. The van der Waals surface area contributed by atoms with Gasteiger partial charge in [-0.3, -0.25) is 4.79 Å². The van der Waals surface area contributed by atoms with Gasteiger partial charge in [0, 0.05) is 0 Å². The van der Waals surface area contributed by atoms with E-state index in [-0.39, 0.29) is 6.42 Å². The normalized spacial score (nSPS) is 10.5. The largest absolute Gasteiger partial charge is 0.494 e. The van der Waals surface area contributed by atoms with Gasteiger partial charge in [0.05, 0.1) is 13.0 Å². The number of carbonyl (C=O) groups is 1. The number of ether oxygens (including phenoxy) is 1. The lowest BCUT2D eigenvalue weighted by Gasteiger charge is -2.13. The maximum atomic E-state index is 10.7. The molecule has 0 radical (unpaired) electrons. The molecule has 16 heavy (non-hydrogen) atoms. The summed E-state index contributed by atoms with van der Waals surface area (Å²) in [7, 11) is 0. The lowest BCUT2D eigenvalue weighted by Crippen LogP contribution is -2.05. The van der Waals surface area contributed by atoms with Crippen LogP contribution in [0.2, 0.25) is 0 Å². The van der Waals surface area contributed by atoms with Crippen molar-refractivity contribution in [3.05, 3.63) is 29.3 Å². The Hall–Kier alpha value is -1.51. The fourth-order valence-corrected chi connectivity index (χ4v) is 1.69. The molecule has 0 amide bonds. The SMILES string of the molecule is CCOc1ccc(CC(=O)O)c(C(C)C)c1. The summed E-state index contributed by atoms with van der Waals surface area (Å²) >= 11 is 0. The molecule has 0 aliphatic heterocycles. The third kappa shape index (κ3) is 3.26. The molecule has 3 nitrogen and oxygen atoms in total. The lowest BCUT2D eigenvalue weighted by molar-refractivity contribution is -0.136. The molecule has 1 N–H and O–H groups in total. The van der Waals surface area contributed by atoms with Crippen molar-refractivity contribution in [3.8, 4) is 5.75 Å². The van der Waals surface area contributed by atoms with Crippen LogP contribution in [0, 0.1) is 0 Å². The first-order valence-electron chi connectivity index (χ1n) is 5.52. The van der Waals surface area contributed by atoms with Crippen molar-refractivity contribution in [1.29, 1.82) is 0 Å². The standard InChI is InChI=1S/C13H18O3/c1-4-16-11-6-5-10(7-13(14)15)12(8-11)9(2)3/h5-6,8-9H,4,7H2,1-3H3,(H,14,15). The van der Waals surface area contributed by atoms with Crippen LogP contribution in [0.4, 0.5) is 0 Å². The molecule has 0 heterocycles. The average molecular weight is 222 g/mol. The van der Waals surface area contributed by atoms with Gasteiger partial charge in [-0.05, 0) is 36.1 Å². The van der Waals surface area contributed by atoms with E-state index in [0.29, 0.717) is 12.5 Å². The second-order valence-electron chi connectivity index (χ2n) is 4.02. The molecule has 0 unspecified atom stereocenters. The first-order chi connectivity index (χ1) is 7.54.